The molecule has 0 saturated carbocycles. The molecule has 2 aromatic carbocycles. The lowest BCUT2D eigenvalue weighted by molar-refractivity contribution is -0.385. The highest BCUT2D eigenvalue weighted by molar-refractivity contribution is 5.91. The molecule has 1 aliphatic heterocycles. The van der Waals surface area contributed by atoms with Crippen molar-refractivity contribution in [1.82, 2.24) is 0 Å². The SMILES string of the molecule is COc1cc(C(=O)OCc2cc([N+](=O)[O-])cc3c2OCOC3)cc(OC)c1OC. The van der Waals surface area contributed by atoms with E-state index in [0.717, 1.165) is 0 Å². The number of carbonyl (C=O) groups is 1. The molecule has 1 aliphatic rings. The Balaban J connectivity index is 1.86. The van der Waals surface area contributed by atoms with Crippen LogP contribution in [0.25, 0.3) is 0 Å². The quantitative estimate of drug-likeness (QED) is 0.389. The first-order valence-corrected chi connectivity index (χ1v) is 8.46. The summed E-state index contributed by atoms with van der Waals surface area (Å²) in [6.45, 7) is -0.0387. The minimum absolute atomic E-state index is 0.0125. The molecule has 0 radical (unpaired) electrons. The van der Waals surface area contributed by atoms with E-state index in [1.165, 1.54) is 45.6 Å². The number of nitro benzene ring substituents is 1. The van der Waals surface area contributed by atoms with Gasteiger partial charge in [-0.1, -0.05) is 0 Å². The molecular weight excluding hydrogens is 386 g/mol. The Labute approximate surface area is 166 Å². The summed E-state index contributed by atoms with van der Waals surface area (Å²) in [5.41, 5.74) is 0.919. The highest BCUT2D eigenvalue weighted by Crippen LogP contribution is 2.38. The van der Waals surface area contributed by atoms with Crippen LogP contribution in [0.2, 0.25) is 0 Å². The lowest BCUT2D eigenvalue weighted by atomic mass is 10.1. The maximum atomic E-state index is 12.6. The van der Waals surface area contributed by atoms with Crippen molar-refractivity contribution in [2.45, 2.75) is 13.2 Å². The van der Waals surface area contributed by atoms with E-state index in [1.54, 1.807) is 0 Å². The minimum Gasteiger partial charge on any atom is -0.493 e. The first kappa shape index (κ1) is 20.2. The second kappa shape index (κ2) is 8.65. The average Bonchev–Trinajstić information content (AvgIpc) is 2.75. The van der Waals surface area contributed by atoms with Gasteiger partial charge in [-0.3, -0.25) is 10.1 Å². The van der Waals surface area contributed by atoms with Crippen LogP contribution in [0.15, 0.2) is 24.3 Å². The second-order valence-electron chi connectivity index (χ2n) is 5.95. The van der Waals surface area contributed by atoms with E-state index in [-0.39, 0.29) is 31.3 Å². The molecule has 3 rings (SSSR count). The number of benzene rings is 2. The summed E-state index contributed by atoms with van der Waals surface area (Å²) >= 11 is 0. The molecule has 10 nitrogen and oxygen atoms in total. The van der Waals surface area contributed by atoms with Gasteiger partial charge in [0, 0.05) is 23.3 Å². The molecule has 0 saturated heterocycles. The van der Waals surface area contributed by atoms with Crippen LogP contribution in [-0.2, 0) is 22.7 Å². The normalized spacial score (nSPS) is 12.4. The van der Waals surface area contributed by atoms with Crippen molar-refractivity contribution in [3.05, 3.63) is 51.1 Å². The van der Waals surface area contributed by atoms with Crippen LogP contribution in [0.3, 0.4) is 0 Å². The Morgan fingerprint density at radius 3 is 2.38 bits per heavy atom. The fraction of sp³-hybridized carbons (Fsp3) is 0.316. The van der Waals surface area contributed by atoms with Crippen LogP contribution >= 0.6 is 0 Å². The summed E-state index contributed by atoms with van der Waals surface area (Å²) in [6.07, 6.45) is 0. The van der Waals surface area contributed by atoms with E-state index in [9.17, 15) is 14.9 Å². The fourth-order valence-electron chi connectivity index (χ4n) is 2.92. The lowest BCUT2D eigenvalue weighted by Crippen LogP contribution is -2.15. The number of non-ortho nitro benzene ring substituents is 1. The Morgan fingerprint density at radius 1 is 1.10 bits per heavy atom. The highest BCUT2D eigenvalue weighted by atomic mass is 16.7. The van der Waals surface area contributed by atoms with Crippen molar-refractivity contribution in [2.75, 3.05) is 28.1 Å². The molecule has 0 unspecified atom stereocenters. The molecule has 29 heavy (non-hydrogen) atoms. The van der Waals surface area contributed by atoms with Gasteiger partial charge >= 0.3 is 5.97 Å². The highest BCUT2D eigenvalue weighted by Gasteiger charge is 2.23. The van der Waals surface area contributed by atoms with Gasteiger partial charge in [-0.15, -0.1) is 0 Å². The first-order chi connectivity index (χ1) is 14.0. The monoisotopic (exact) mass is 405 g/mol. The molecule has 0 N–H and O–H groups in total. The van der Waals surface area contributed by atoms with Crippen LogP contribution in [0.5, 0.6) is 23.0 Å². The molecule has 154 valence electrons. The number of ether oxygens (including phenoxy) is 6. The van der Waals surface area contributed by atoms with E-state index in [0.29, 0.717) is 34.1 Å². The second-order valence-corrected chi connectivity index (χ2v) is 5.95. The fourth-order valence-corrected chi connectivity index (χ4v) is 2.92. The van der Waals surface area contributed by atoms with E-state index in [4.69, 9.17) is 28.4 Å². The zero-order valence-electron chi connectivity index (χ0n) is 16.1. The standard InChI is InChI=1S/C19H19NO9/c1-24-15-6-11(7-16(25-2)18(15)26-3)19(21)28-9-13-5-14(20(22)23)4-12-8-27-10-29-17(12)13/h4-7H,8-10H2,1-3H3. The summed E-state index contributed by atoms with van der Waals surface area (Å²) < 4.78 is 31.6. The van der Waals surface area contributed by atoms with Crippen molar-refractivity contribution in [3.8, 4) is 23.0 Å². The van der Waals surface area contributed by atoms with E-state index >= 15 is 0 Å². The summed E-state index contributed by atoms with van der Waals surface area (Å²) in [5.74, 6) is 0.683. The van der Waals surface area contributed by atoms with Gasteiger partial charge in [0.15, 0.2) is 18.3 Å². The lowest BCUT2D eigenvalue weighted by Gasteiger charge is -2.20. The number of hydrogen-bond donors (Lipinski definition) is 0. The molecule has 0 aliphatic carbocycles. The van der Waals surface area contributed by atoms with E-state index in [1.807, 2.05) is 0 Å². The van der Waals surface area contributed by atoms with Crippen molar-refractivity contribution < 1.29 is 38.1 Å². The molecule has 0 atom stereocenters. The molecule has 0 amide bonds. The Morgan fingerprint density at radius 2 is 1.79 bits per heavy atom. The molecule has 0 aromatic heterocycles. The topological polar surface area (TPSA) is 116 Å². The Kier molecular flexibility index (Phi) is 6.03. The molecule has 0 bridgehead atoms. The minimum atomic E-state index is -0.670. The Bertz CT molecular complexity index is 917. The number of fused-ring (bicyclic) bond motifs is 1. The maximum Gasteiger partial charge on any atom is 0.338 e. The van der Waals surface area contributed by atoms with Gasteiger partial charge in [0.25, 0.3) is 5.69 Å². The molecule has 2 aromatic rings. The van der Waals surface area contributed by atoms with Crippen LogP contribution in [0.4, 0.5) is 5.69 Å². The summed E-state index contributed by atoms with van der Waals surface area (Å²) in [4.78, 5) is 23.2. The predicted molar refractivity (Wildman–Crippen MR) is 98.6 cm³/mol. The molecule has 10 heteroatoms. The summed E-state index contributed by atoms with van der Waals surface area (Å²) in [6, 6.07) is 5.60. The van der Waals surface area contributed by atoms with Gasteiger partial charge in [-0.25, -0.2) is 4.79 Å². The zero-order valence-corrected chi connectivity index (χ0v) is 16.1. The molecule has 0 spiro atoms. The summed E-state index contributed by atoms with van der Waals surface area (Å²) in [5, 5.41) is 11.2. The number of carbonyl (C=O) groups excluding carboxylic acids is 1. The third-order valence-corrected chi connectivity index (χ3v) is 4.24. The smallest absolute Gasteiger partial charge is 0.338 e. The van der Waals surface area contributed by atoms with Gasteiger partial charge in [-0.2, -0.15) is 0 Å². The number of rotatable bonds is 7. The molecule has 1 heterocycles. The van der Waals surface area contributed by atoms with Crippen molar-refractivity contribution in [2.24, 2.45) is 0 Å². The van der Waals surface area contributed by atoms with Gasteiger partial charge in [0.1, 0.15) is 12.4 Å². The molecular formula is C19H19NO9. The molecule has 0 fully saturated rings. The van der Waals surface area contributed by atoms with Crippen LogP contribution in [0.1, 0.15) is 21.5 Å². The Hall–Kier alpha value is -3.53. The zero-order chi connectivity index (χ0) is 21.0. The first-order valence-electron chi connectivity index (χ1n) is 8.46. The number of methoxy groups -OCH3 is 3. The van der Waals surface area contributed by atoms with Crippen LogP contribution in [0, 0.1) is 10.1 Å². The predicted octanol–water partition coefficient (Wildman–Crippen LogP) is 2.84. The number of nitrogens with zero attached hydrogens (tertiary/aromatic N) is 1. The van der Waals surface area contributed by atoms with E-state index < -0.39 is 10.9 Å². The van der Waals surface area contributed by atoms with Crippen LogP contribution in [-0.4, -0.2) is 39.0 Å². The third kappa shape index (κ3) is 4.16. The van der Waals surface area contributed by atoms with Crippen molar-refractivity contribution in [3.63, 3.8) is 0 Å². The largest absolute Gasteiger partial charge is 0.493 e. The third-order valence-electron chi connectivity index (χ3n) is 4.24. The summed E-state index contributed by atoms with van der Waals surface area (Å²) in [7, 11) is 4.32. The van der Waals surface area contributed by atoms with Gasteiger partial charge in [-0.05, 0) is 12.1 Å². The van der Waals surface area contributed by atoms with Crippen molar-refractivity contribution >= 4 is 11.7 Å². The maximum absolute atomic E-state index is 12.6. The van der Waals surface area contributed by atoms with Gasteiger partial charge < -0.3 is 28.4 Å². The number of esters is 1. The van der Waals surface area contributed by atoms with Gasteiger partial charge in [0.2, 0.25) is 5.75 Å². The average molecular weight is 405 g/mol. The number of hydrogen-bond acceptors (Lipinski definition) is 9. The van der Waals surface area contributed by atoms with Crippen LogP contribution < -0.4 is 18.9 Å². The van der Waals surface area contributed by atoms with Gasteiger partial charge in [0.05, 0.1) is 38.4 Å². The number of nitro groups is 1. The van der Waals surface area contributed by atoms with E-state index in [2.05, 4.69) is 0 Å². The van der Waals surface area contributed by atoms with Crippen molar-refractivity contribution in [1.29, 1.82) is 0 Å².